The van der Waals surface area contributed by atoms with Crippen LogP contribution in [0, 0.1) is 5.82 Å². The summed E-state index contributed by atoms with van der Waals surface area (Å²) in [6.45, 7) is 3.09. The van der Waals surface area contributed by atoms with Gasteiger partial charge in [0.2, 0.25) is 5.91 Å². The zero-order chi connectivity index (χ0) is 19.5. The van der Waals surface area contributed by atoms with Crippen LogP contribution in [0.4, 0.5) is 4.39 Å². The number of carbonyl (C=O) groups excluding carboxylic acids is 1. The Morgan fingerprint density at radius 2 is 1.79 bits per heavy atom. The van der Waals surface area contributed by atoms with Gasteiger partial charge in [0.1, 0.15) is 11.5 Å². The molecule has 4 rings (SSSR count). The van der Waals surface area contributed by atoms with E-state index in [1.807, 2.05) is 17.1 Å². The van der Waals surface area contributed by atoms with Gasteiger partial charge in [-0.1, -0.05) is 0 Å². The van der Waals surface area contributed by atoms with Gasteiger partial charge in [0.15, 0.2) is 0 Å². The number of rotatable bonds is 4. The number of halogens is 1. The summed E-state index contributed by atoms with van der Waals surface area (Å²) in [4.78, 5) is 15.4. The zero-order valence-electron chi connectivity index (χ0n) is 15.7. The van der Waals surface area contributed by atoms with E-state index in [-0.39, 0.29) is 11.7 Å². The van der Waals surface area contributed by atoms with Crippen LogP contribution in [0.5, 0.6) is 0 Å². The number of nitrogens with zero attached hydrogens (tertiary/aromatic N) is 3. The lowest BCUT2D eigenvalue weighted by Crippen LogP contribution is -2.45. The van der Waals surface area contributed by atoms with Crippen molar-refractivity contribution in [1.82, 2.24) is 25.6 Å². The van der Waals surface area contributed by atoms with Gasteiger partial charge in [-0.05, 0) is 54.8 Å². The Morgan fingerprint density at radius 1 is 1.11 bits per heavy atom. The summed E-state index contributed by atoms with van der Waals surface area (Å²) in [5, 5.41) is 9.79. The Hall–Kier alpha value is -3.06. The molecule has 2 aromatic heterocycles. The molecule has 7 heteroatoms. The predicted octanol–water partition coefficient (Wildman–Crippen LogP) is 3.51. The molecule has 0 bridgehead atoms. The number of nitrogens with one attached hydrogen (secondary N) is 2. The van der Waals surface area contributed by atoms with E-state index in [1.54, 1.807) is 24.5 Å². The molecular formula is C21H22FN5O. The molecule has 1 aliphatic heterocycles. The fourth-order valence-electron chi connectivity index (χ4n) is 3.78. The van der Waals surface area contributed by atoms with Crippen LogP contribution in [0.2, 0.25) is 0 Å². The van der Waals surface area contributed by atoms with Crippen LogP contribution >= 0.6 is 0 Å². The lowest BCUT2D eigenvalue weighted by molar-refractivity contribution is -0.124. The molecule has 3 heterocycles. The first kappa shape index (κ1) is 18.3. The van der Waals surface area contributed by atoms with Crippen molar-refractivity contribution in [2.24, 2.45) is 0 Å². The van der Waals surface area contributed by atoms with E-state index in [0.29, 0.717) is 5.92 Å². The van der Waals surface area contributed by atoms with Crippen molar-refractivity contribution in [2.45, 2.75) is 25.7 Å². The van der Waals surface area contributed by atoms with Gasteiger partial charge in [0.25, 0.3) is 0 Å². The van der Waals surface area contributed by atoms with E-state index < -0.39 is 0 Å². The molecule has 1 aromatic carbocycles. The van der Waals surface area contributed by atoms with Crippen LogP contribution in [-0.4, -0.2) is 39.2 Å². The quantitative estimate of drug-likeness (QED) is 0.728. The molecule has 0 radical (unpaired) electrons. The average molecular weight is 379 g/mol. The number of benzene rings is 1. The number of hydrogen-bond acceptors (Lipinski definition) is 4. The van der Waals surface area contributed by atoms with Crippen molar-refractivity contribution >= 4 is 5.91 Å². The Labute approximate surface area is 162 Å². The summed E-state index contributed by atoms with van der Waals surface area (Å²) in [7, 11) is 0. The smallest absolute Gasteiger partial charge is 0.231 e. The van der Waals surface area contributed by atoms with Crippen molar-refractivity contribution in [3.63, 3.8) is 0 Å². The highest BCUT2D eigenvalue weighted by Gasteiger charge is 2.27. The minimum atomic E-state index is -0.268. The van der Waals surface area contributed by atoms with Crippen molar-refractivity contribution in [1.29, 1.82) is 0 Å². The molecule has 1 amide bonds. The molecule has 0 saturated carbocycles. The molecule has 3 aromatic rings. The largest absolute Gasteiger partial charge is 0.289 e. The van der Waals surface area contributed by atoms with Crippen molar-refractivity contribution in [2.75, 3.05) is 13.1 Å². The van der Waals surface area contributed by atoms with Gasteiger partial charge in [-0.15, -0.1) is 0 Å². The van der Waals surface area contributed by atoms with E-state index >= 15 is 0 Å². The van der Waals surface area contributed by atoms with E-state index in [4.69, 9.17) is 0 Å². The molecule has 2 N–H and O–H groups in total. The maximum Gasteiger partial charge on any atom is 0.231 e. The standard InChI is InChI=1S/C21H22FN5O/c1-14(28)26-27-12-8-17(9-13-27)21-19(15-6-10-23-11-7-15)20(24-25-21)16-2-4-18(22)5-3-16/h2-7,10-11,17H,8-9,12-13H2,1H3,(H,24,25)(H,26,28). The highest BCUT2D eigenvalue weighted by Crippen LogP contribution is 2.39. The number of hydrogen-bond donors (Lipinski definition) is 2. The van der Waals surface area contributed by atoms with E-state index in [1.165, 1.54) is 19.1 Å². The molecular weight excluding hydrogens is 357 g/mol. The number of pyridine rings is 1. The van der Waals surface area contributed by atoms with Crippen molar-refractivity contribution in [3.05, 3.63) is 60.3 Å². The molecule has 28 heavy (non-hydrogen) atoms. The van der Waals surface area contributed by atoms with Gasteiger partial charge in [-0.2, -0.15) is 5.10 Å². The molecule has 0 unspecified atom stereocenters. The molecule has 1 fully saturated rings. The molecule has 0 aliphatic carbocycles. The number of aromatic amines is 1. The van der Waals surface area contributed by atoms with Gasteiger partial charge < -0.3 is 0 Å². The van der Waals surface area contributed by atoms with Crippen LogP contribution in [0.3, 0.4) is 0 Å². The van der Waals surface area contributed by atoms with Gasteiger partial charge in [-0.3, -0.25) is 20.3 Å². The molecule has 144 valence electrons. The number of aromatic nitrogens is 3. The Morgan fingerprint density at radius 3 is 2.43 bits per heavy atom. The van der Waals surface area contributed by atoms with Crippen LogP contribution in [-0.2, 0) is 4.79 Å². The summed E-state index contributed by atoms with van der Waals surface area (Å²) in [6.07, 6.45) is 5.34. The van der Waals surface area contributed by atoms with Gasteiger partial charge in [-0.25, -0.2) is 9.40 Å². The SMILES string of the molecule is CC(=O)NN1CCC(c2[nH]nc(-c3ccc(F)cc3)c2-c2ccncc2)CC1. The third kappa shape index (κ3) is 3.80. The number of carbonyl (C=O) groups is 1. The predicted molar refractivity (Wildman–Crippen MR) is 105 cm³/mol. The normalized spacial score (nSPS) is 15.5. The lowest BCUT2D eigenvalue weighted by atomic mass is 9.88. The average Bonchev–Trinajstić information content (AvgIpc) is 3.14. The van der Waals surface area contributed by atoms with Crippen LogP contribution in [0.1, 0.15) is 31.4 Å². The van der Waals surface area contributed by atoms with Crippen LogP contribution in [0.25, 0.3) is 22.4 Å². The van der Waals surface area contributed by atoms with Crippen LogP contribution < -0.4 is 5.43 Å². The first-order chi connectivity index (χ1) is 13.6. The summed E-state index contributed by atoms with van der Waals surface area (Å²) in [6, 6.07) is 10.3. The molecule has 0 spiro atoms. The third-order valence-electron chi connectivity index (χ3n) is 5.10. The van der Waals surface area contributed by atoms with E-state index in [9.17, 15) is 9.18 Å². The number of amides is 1. The number of hydrazine groups is 1. The van der Waals surface area contributed by atoms with E-state index in [2.05, 4.69) is 20.6 Å². The summed E-state index contributed by atoms with van der Waals surface area (Å²) in [5.41, 5.74) is 7.68. The van der Waals surface area contributed by atoms with Gasteiger partial charge in [0.05, 0.1) is 0 Å². The van der Waals surface area contributed by atoms with Crippen molar-refractivity contribution < 1.29 is 9.18 Å². The first-order valence-electron chi connectivity index (χ1n) is 9.38. The maximum atomic E-state index is 13.4. The molecule has 1 aliphatic rings. The second-order valence-electron chi connectivity index (χ2n) is 7.03. The minimum absolute atomic E-state index is 0.0453. The topological polar surface area (TPSA) is 73.9 Å². The maximum absolute atomic E-state index is 13.4. The summed E-state index contributed by atoms with van der Waals surface area (Å²) < 4.78 is 13.4. The molecule has 6 nitrogen and oxygen atoms in total. The zero-order valence-corrected chi connectivity index (χ0v) is 15.7. The number of piperidine rings is 1. The fourth-order valence-corrected chi connectivity index (χ4v) is 3.78. The molecule has 1 saturated heterocycles. The monoisotopic (exact) mass is 379 g/mol. The summed E-state index contributed by atoms with van der Waals surface area (Å²) >= 11 is 0. The third-order valence-corrected chi connectivity index (χ3v) is 5.10. The van der Waals surface area contributed by atoms with E-state index in [0.717, 1.165) is 54.0 Å². The minimum Gasteiger partial charge on any atom is -0.289 e. The van der Waals surface area contributed by atoms with Gasteiger partial charge >= 0.3 is 0 Å². The first-order valence-corrected chi connectivity index (χ1v) is 9.38. The highest BCUT2D eigenvalue weighted by atomic mass is 19.1. The highest BCUT2D eigenvalue weighted by molar-refractivity contribution is 5.82. The van der Waals surface area contributed by atoms with Crippen molar-refractivity contribution in [3.8, 4) is 22.4 Å². The van der Waals surface area contributed by atoms with Gasteiger partial charge in [0, 0.05) is 55.1 Å². The second kappa shape index (κ2) is 7.90. The molecule has 0 atom stereocenters. The fraction of sp³-hybridized carbons (Fsp3) is 0.286. The van der Waals surface area contributed by atoms with Crippen LogP contribution in [0.15, 0.2) is 48.8 Å². The second-order valence-corrected chi connectivity index (χ2v) is 7.03. The summed E-state index contributed by atoms with van der Waals surface area (Å²) in [5.74, 6) is -0.0127. The Kier molecular flexibility index (Phi) is 5.16. The lowest BCUT2D eigenvalue weighted by Gasteiger charge is -2.31. The Bertz CT molecular complexity index is 947. The number of H-pyrrole nitrogens is 1. The Balaban J connectivity index is 1.68.